The Hall–Kier alpha value is -0.570. The van der Waals surface area contributed by atoms with Crippen LogP contribution in [0.4, 0.5) is 0 Å². The fourth-order valence-corrected chi connectivity index (χ4v) is 3.81. The van der Waals surface area contributed by atoms with Crippen LogP contribution >= 0.6 is 11.8 Å². The topological polar surface area (TPSA) is 76.0 Å². The highest BCUT2D eigenvalue weighted by Gasteiger charge is 2.19. The smallest absolute Gasteiger partial charge is 0.243 e. The third-order valence-electron chi connectivity index (χ3n) is 2.94. The molecule has 0 fully saturated rings. The van der Waals surface area contributed by atoms with Gasteiger partial charge in [-0.15, -0.1) is 0 Å². The van der Waals surface area contributed by atoms with Gasteiger partial charge in [-0.05, 0) is 31.4 Å². The van der Waals surface area contributed by atoms with Crippen molar-refractivity contribution < 1.29 is 8.42 Å². The fourth-order valence-electron chi connectivity index (χ4n) is 1.77. The highest BCUT2D eigenvalue weighted by Crippen LogP contribution is 2.10. The van der Waals surface area contributed by atoms with E-state index >= 15 is 0 Å². The molecular formula is C13H26N4O2S2. The summed E-state index contributed by atoms with van der Waals surface area (Å²) < 4.78 is 28.8. The molecule has 1 heterocycles. The summed E-state index contributed by atoms with van der Waals surface area (Å²) in [6.07, 6.45) is 3.81. The van der Waals surface area contributed by atoms with Crippen LogP contribution in [0.5, 0.6) is 0 Å². The Bertz CT molecular complexity index is 502. The second kappa shape index (κ2) is 9.45. The molecule has 122 valence electrons. The molecule has 6 nitrogen and oxygen atoms in total. The van der Waals surface area contributed by atoms with Crippen LogP contribution in [-0.2, 0) is 16.6 Å². The Labute approximate surface area is 132 Å². The van der Waals surface area contributed by atoms with E-state index in [1.165, 1.54) is 6.20 Å². The van der Waals surface area contributed by atoms with Gasteiger partial charge in [0.1, 0.15) is 4.90 Å². The zero-order valence-electron chi connectivity index (χ0n) is 13.0. The minimum absolute atomic E-state index is 0.0702. The van der Waals surface area contributed by atoms with Gasteiger partial charge in [0.25, 0.3) is 0 Å². The molecule has 1 rings (SSSR count). The quantitative estimate of drug-likeness (QED) is 0.597. The third kappa shape index (κ3) is 6.82. The Morgan fingerprint density at radius 3 is 2.86 bits per heavy atom. The largest absolute Gasteiger partial charge is 0.315 e. The van der Waals surface area contributed by atoms with Gasteiger partial charge in [-0.1, -0.05) is 13.8 Å². The summed E-state index contributed by atoms with van der Waals surface area (Å²) in [5, 5.41) is 7.27. The van der Waals surface area contributed by atoms with Crippen molar-refractivity contribution >= 4 is 21.8 Å². The molecule has 1 aromatic rings. The second-order valence-corrected chi connectivity index (χ2v) is 7.91. The molecular weight excluding hydrogens is 308 g/mol. The number of likely N-dealkylation sites (N-methyl/N-ethyl adjacent to an activating group) is 1. The highest BCUT2D eigenvalue weighted by atomic mass is 32.2. The van der Waals surface area contributed by atoms with Crippen LogP contribution in [0.25, 0.3) is 0 Å². The second-order valence-electron chi connectivity index (χ2n) is 4.80. The molecule has 1 aromatic heterocycles. The Kier molecular flexibility index (Phi) is 8.31. The minimum atomic E-state index is -3.47. The van der Waals surface area contributed by atoms with Crippen molar-refractivity contribution in [1.29, 1.82) is 0 Å². The molecule has 2 N–H and O–H groups in total. The van der Waals surface area contributed by atoms with Gasteiger partial charge in [0, 0.05) is 18.8 Å². The maximum absolute atomic E-state index is 12.2. The van der Waals surface area contributed by atoms with Crippen molar-refractivity contribution in [2.24, 2.45) is 0 Å². The number of hydrogen-bond donors (Lipinski definition) is 2. The van der Waals surface area contributed by atoms with Gasteiger partial charge in [0.15, 0.2) is 0 Å². The summed E-state index contributed by atoms with van der Waals surface area (Å²) in [5.74, 6) is 2.01. The van der Waals surface area contributed by atoms with Crippen LogP contribution < -0.4 is 10.0 Å². The molecule has 0 spiro atoms. The van der Waals surface area contributed by atoms with E-state index in [9.17, 15) is 8.42 Å². The summed E-state index contributed by atoms with van der Waals surface area (Å²) in [7, 11) is -3.47. The number of hydrogen-bond acceptors (Lipinski definition) is 5. The summed E-state index contributed by atoms with van der Waals surface area (Å²) in [6, 6.07) is -0.0702. The Balaban J connectivity index is 2.53. The first-order valence-electron chi connectivity index (χ1n) is 7.32. The van der Waals surface area contributed by atoms with E-state index in [-0.39, 0.29) is 10.9 Å². The van der Waals surface area contributed by atoms with Crippen molar-refractivity contribution in [3.8, 4) is 0 Å². The monoisotopic (exact) mass is 334 g/mol. The van der Waals surface area contributed by atoms with Crippen molar-refractivity contribution in [1.82, 2.24) is 19.8 Å². The number of sulfonamides is 1. The van der Waals surface area contributed by atoms with Gasteiger partial charge in [-0.2, -0.15) is 16.9 Å². The molecule has 0 saturated carbocycles. The maximum Gasteiger partial charge on any atom is 0.243 e. The van der Waals surface area contributed by atoms with Crippen molar-refractivity contribution in [3.63, 3.8) is 0 Å². The third-order valence-corrected chi connectivity index (χ3v) is 5.42. The van der Waals surface area contributed by atoms with Crippen LogP contribution in [-0.4, -0.2) is 48.8 Å². The first-order chi connectivity index (χ1) is 9.99. The lowest BCUT2D eigenvalue weighted by molar-refractivity contribution is 0.553. The SMILES string of the molecule is CCNCCn1cc(S(=O)(=O)NC(C)CCSCC)cn1. The molecule has 0 amide bonds. The lowest BCUT2D eigenvalue weighted by Gasteiger charge is -2.12. The van der Waals surface area contributed by atoms with E-state index in [1.54, 1.807) is 10.9 Å². The van der Waals surface area contributed by atoms with Crippen LogP contribution in [0.3, 0.4) is 0 Å². The van der Waals surface area contributed by atoms with Crippen LogP contribution in [0.2, 0.25) is 0 Å². The first-order valence-corrected chi connectivity index (χ1v) is 9.96. The molecule has 0 aromatic carbocycles. The first kappa shape index (κ1) is 18.5. The Morgan fingerprint density at radius 1 is 1.43 bits per heavy atom. The zero-order chi connectivity index (χ0) is 15.7. The number of thioether (sulfide) groups is 1. The molecule has 21 heavy (non-hydrogen) atoms. The van der Waals surface area contributed by atoms with Crippen LogP contribution in [0.15, 0.2) is 17.3 Å². The molecule has 8 heteroatoms. The van der Waals surface area contributed by atoms with Gasteiger partial charge >= 0.3 is 0 Å². The van der Waals surface area contributed by atoms with Crippen LogP contribution in [0, 0.1) is 0 Å². The van der Waals surface area contributed by atoms with Crippen molar-refractivity contribution in [3.05, 3.63) is 12.4 Å². The average molecular weight is 335 g/mol. The zero-order valence-corrected chi connectivity index (χ0v) is 14.6. The molecule has 0 radical (unpaired) electrons. The van der Waals surface area contributed by atoms with Crippen molar-refractivity contribution in [2.45, 2.75) is 44.7 Å². The normalized spacial score (nSPS) is 13.5. The minimum Gasteiger partial charge on any atom is -0.315 e. The van der Waals surface area contributed by atoms with Crippen LogP contribution in [0.1, 0.15) is 27.2 Å². The number of rotatable bonds is 11. The highest BCUT2D eigenvalue weighted by molar-refractivity contribution is 7.99. The van der Waals surface area contributed by atoms with E-state index in [0.29, 0.717) is 6.54 Å². The molecule has 1 atom stereocenters. The molecule has 0 bridgehead atoms. The maximum atomic E-state index is 12.2. The number of nitrogens with zero attached hydrogens (tertiary/aromatic N) is 2. The van der Waals surface area contributed by atoms with Crippen molar-refractivity contribution in [2.75, 3.05) is 24.6 Å². The standard InChI is InChI=1S/C13H26N4O2S2/c1-4-14-7-8-17-11-13(10-15-17)21(18,19)16-12(3)6-9-20-5-2/h10-12,14,16H,4-9H2,1-3H3. The van der Waals surface area contributed by atoms with Gasteiger partial charge < -0.3 is 5.32 Å². The van der Waals surface area contributed by atoms with E-state index in [4.69, 9.17) is 0 Å². The van der Waals surface area contributed by atoms with E-state index < -0.39 is 10.0 Å². The Morgan fingerprint density at radius 2 is 2.19 bits per heavy atom. The summed E-state index contributed by atoms with van der Waals surface area (Å²) in [6.45, 7) is 8.34. The average Bonchev–Trinajstić information content (AvgIpc) is 2.88. The van der Waals surface area contributed by atoms with Gasteiger partial charge in [-0.3, -0.25) is 4.68 Å². The van der Waals surface area contributed by atoms with Gasteiger partial charge in [0.2, 0.25) is 10.0 Å². The fraction of sp³-hybridized carbons (Fsp3) is 0.769. The van der Waals surface area contributed by atoms with Gasteiger partial charge in [0.05, 0.1) is 12.7 Å². The van der Waals surface area contributed by atoms with Gasteiger partial charge in [-0.25, -0.2) is 13.1 Å². The molecule has 0 saturated heterocycles. The molecule has 0 aliphatic rings. The molecule has 1 unspecified atom stereocenters. The lowest BCUT2D eigenvalue weighted by Crippen LogP contribution is -2.32. The van der Waals surface area contributed by atoms with E-state index in [1.807, 2.05) is 25.6 Å². The lowest BCUT2D eigenvalue weighted by atomic mass is 10.3. The number of aromatic nitrogens is 2. The van der Waals surface area contributed by atoms with E-state index in [0.717, 1.165) is 31.0 Å². The summed E-state index contributed by atoms with van der Waals surface area (Å²) >= 11 is 1.82. The van der Waals surface area contributed by atoms with E-state index in [2.05, 4.69) is 22.1 Å². The number of nitrogens with one attached hydrogen (secondary N) is 2. The molecule has 0 aliphatic carbocycles. The summed E-state index contributed by atoms with van der Waals surface area (Å²) in [5.41, 5.74) is 0. The predicted octanol–water partition coefficient (Wildman–Crippen LogP) is 1.30. The summed E-state index contributed by atoms with van der Waals surface area (Å²) in [4.78, 5) is 0.231. The predicted molar refractivity (Wildman–Crippen MR) is 88.2 cm³/mol. The molecule has 0 aliphatic heterocycles.